The summed E-state index contributed by atoms with van der Waals surface area (Å²) in [6.07, 6.45) is 1.88. The fourth-order valence-corrected chi connectivity index (χ4v) is 3.75. The minimum absolute atomic E-state index is 1.02. The second-order valence-corrected chi connectivity index (χ2v) is 6.46. The lowest BCUT2D eigenvalue weighted by molar-refractivity contribution is 0.653. The predicted molar refractivity (Wildman–Crippen MR) is 93.0 cm³/mol. The predicted octanol–water partition coefficient (Wildman–Crippen LogP) is 3.33. The van der Waals surface area contributed by atoms with Gasteiger partial charge in [-0.2, -0.15) is 0 Å². The molecule has 112 valence electrons. The standard InChI is InChI=1S/C17H18N4S/c1-13-12-16(14-4-2-3-5-15(14)19-13)20-7-9-21(10-8-20)17-18-6-11-22-17/h2-6,11-12H,7-10H2,1H3. The van der Waals surface area contributed by atoms with E-state index < -0.39 is 0 Å². The van der Waals surface area contributed by atoms with Crippen molar-refractivity contribution >= 4 is 33.1 Å². The molecule has 1 saturated heterocycles. The van der Waals surface area contributed by atoms with Gasteiger partial charge in [-0.3, -0.25) is 4.98 Å². The third-order valence-electron chi connectivity index (χ3n) is 4.13. The fraction of sp³-hybridized carbons (Fsp3) is 0.294. The number of fused-ring (bicyclic) bond motifs is 1. The molecule has 1 aromatic carbocycles. The Hall–Kier alpha value is -2.14. The number of hydrogen-bond acceptors (Lipinski definition) is 5. The highest BCUT2D eigenvalue weighted by molar-refractivity contribution is 7.13. The number of thiazole rings is 1. The summed E-state index contributed by atoms with van der Waals surface area (Å²) in [5, 5.41) is 4.42. The highest BCUT2D eigenvalue weighted by atomic mass is 32.1. The van der Waals surface area contributed by atoms with Crippen LogP contribution in [-0.2, 0) is 0 Å². The third-order valence-corrected chi connectivity index (χ3v) is 4.96. The van der Waals surface area contributed by atoms with Gasteiger partial charge in [0.25, 0.3) is 0 Å². The van der Waals surface area contributed by atoms with Crippen LogP contribution in [0.2, 0.25) is 0 Å². The summed E-state index contributed by atoms with van der Waals surface area (Å²) < 4.78 is 0. The van der Waals surface area contributed by atoms with Crippen molar-refractivity contribution in [3.63, 3.8) is 0 Å². The molecule has 1 fully saturated rings. The summed E-state index contributed by atoms with van der Waals surface area (Å²) in [6, 6.07) is 10.6. The minimum Gasteiger partial charge on any atom is -0.367 e. The number of pyridine rings is 1. The first-order valence-electron chi connectivity index (χ1n) is 7.57. The van der Waals surface area contributed by atoms with Crippen LogP contribution in [0.3, 0.4) is 0 Å². The van der Waals surface area contributed by atoms with E-state index >= 15 is 0 Å². The summed E-state index contributed by atoms with van der Waals surface area (Å²) in [5.41, 5.74) is 3.47. The molecule has 0 bridgehead atoms. The second kappa shape index (κ2) is 5.57. The van der Waals surface area contributed by atoms with E-state index in [4.69, 9.17) is 0 Å². The number of nitrogens with zero attached hydrogens (tertiary/aromatic N) is 4. The molecule has 3 aromatic rings. The molecule has 0 radical (unpaired) electrons. The van der Waals surface area contributed by atoms with Crippen molar-refractivity contribution in [2.24, 2.45) is 0 Å². The zero-order valence-electron chi connectivity index (χ0n) is 12.6. The van der Waals surface area contributed by atoms with Crippen molar-refractivity contribution in [3.05, 3.63) is 47.6 Å². The van der Waals surface area contributed by atoms with Gasteiger partial charge in [-0.25, -0.2) is 4.98 Å². The van der Waals surface area contributed by atoms with Crippen molar-refractivity contribution in [1.29, 1.82) is 0 Å². The first-order chi connectivity index (χ1) is 10.8. The average molecular weight is 310 g/mol. The summed E-state index contributed by atoms with van der Waals surface area (Å²) in [6.45, 7) is 6.15. The molecule has 2 aromatic heterocycles. The van der Waals surface area contributed by atoms with Gasteiger partial charge in [0.2, 0.25) is 0 Å². The van der Waals surface area contributed by atoms with E-state index in [9.17, 15) is 0 Å². The van der Waals surface area contributed by atoms with Crippen LogP contribution in [0.4, 0.5) is 10.8 Å². The van der Waals surface area contributed by atoms with Gasteiger partial charge < -0.3 is 9.80 Å². The molecule has 1 aliphatic heterocycles. The fourth-order valence-electron chi connectivity index (χ4n) is 3.06. The van der Waals surface area contributed by atoms with Gasteiger partial charge in [0.05, 0.1) is 5.52 Å². The summed E-state index contributed by atoms with van der Waals surface area (Å²) in [4.78, 5) is 13.9. The second-order valence-electron chi connectivity index (χ2n) is 5.59. The minimum atomic E-state index is 1.02. The van der Waals surface area contributed by atoms with Crippen LogP contribution in [0.5, 0.6) is 0 Å². The van der Waals surface area contributed by atoms with E-state index in [0.717, 1.165) is 42.5 Å². The van der Waals surface area contributed by atoms with Crippen LogP contribution in [-0.4, -0.2) is 36.1 Å². The molecular formula is C17H18N4S. The summed E-state index contributed by atoms with van der Waals surface area (Å²) in [5.74, 6) is 0. The van der Waals surface area contributed by atoms with E-state index in [1.807, 2.05) is 11.6 Å². The monoisotopic (exact) mass is 310 g/mol. The number of aryl methyl sites for hydroxylation is 1. The van der Waals surface area contributed by atoms with Crippen molar-refractivity contribution in [2.45, 2.75) is 6.92 Å². The number of piperazine rings is 1. The molecule has 0 unspecified atom stereocenters. The molecule has 4 rings (SSSR count). The first-order valence-corrected chi connectivity index (χ1v) is 8.45. The van der Waals surface area contributed by atoms with E-state index in [1.165, 1.54) is 11.1 Å². The average Bonchev–Trinajstić information content (AvgIpc) is 3.09. The van der Waals surface area contributed by atoms with Gasteiger partial charge in [0.1, 0.15) is 0 Å². The highest BCUT2D eigenvalue weighted by Crippen LogP contribution is 2.28. The van der Waals surface area contributed by atoms with E-state index in [1.54, 1.807) is 11.3 Å². The van der Waals surface area contributed by atoms with Crippen molar-refractivity contribution in [3.8, 4) is 0 Å². The van der Waals surface area contributed by atoms with Gasteiger partial charge in [-0.15, -0.1) is 11.3 Å². The largest absolute Gasteiger partial charge is 0.367 e. The van der Waals surface area contributed by atoms with Crippen molar-refractivity contribution in [2.75, 3.05) is 36.0 Å². The number of hydrogen-bond donors (Lipinski definition) is 0. The molecule has 0 atom stereocenters. The molecule has 0 aliphatic carbocycles. The van der Waals surface area contributed by atoms with Gasteiger partial charge in [-0.05, 0) is 19.1 Å². The Morgan fingerprint density at radius 2 is 1.82 bits per heavy atom. The Morgan fingerprint density at radius 3 is 2.59 bits per heavy atom. The Morgan fingerprint density at radius 1 is 1.05 bits per heavy atom. The lowest BCUT2D eigenvalue weighted by Gasteiger charge is -2.36. The van der Waals surface area contributed by atoms with E-state index in [0.29, 0.717) is 0 Å². The Kier molecular flexibility index (Phi) is 3.42. The number of anilines is 2. The van der Waals surface area contributed by atoms with Crippen LogP contribution < -0.4 is 9.80 Å². The molecule has 3 heterocycles. The molecule has 0 saturated carbocycles. The molecule has 22 heavy (non-hydrogen) atoms. The SMILES string of the molecule is Cc1cc(N2CCN(c3nccs3)CC2)c2ccccc2n1. The van der Waals surface area contributed by atoms with Crippen LogP contribution in [0.1, 0.15) is 5.69 Å². The number of para-hydroxylation sites is 1. The van der Waals surface area contributed by atoms with Crippen LogP contribution >= 0.6 is 11.3 Å². The van der Waals surface area contributed by atoms with Crippen molar-refractivity contribution < 1.29 is 0 Å². The maximum atomic E-state index is 4.64. The molecular weight excluding hydrogens is 292 g/mol. The zero-order valence-corrected chi connectivity index (χ0v) is 13.4. The van der Waals surface area contributed by atoms with Gasteiger partial charge in [0, 0.05) is 54.5 Å². The van der Waals surface area contributed by atoms with Crippen LogP contribution in [0.25, 0.3) is 10.9 Å². The molecule has 5 heteroatoms. The quantitative estimate of drug-likeness (QED) is 0.727. The lowest BCUT2D eigenvalue weighted by Crippen LogP contribution is -2.46. The van der Waals surface area contributed by atoms with Gasteiger partial charge >= 0.3 is 0 Å². The Balaban J connectivity index is 1.61. The van der Waals surface area contributed by atoms with Crippen LogP contribution in [0, 0.1) is 6.92 Å². The van der Waals surface area contributed by atoms with Crippen molar-refractivity contribution in [1.82, 2.24) is 9.97 Å². The lowest BCUT2D eigenvalue weighted by atomic mass is 10.1. The normalized spacial score (nSPS) is 15.5. The Bertz CT molecular complexity index is 776. The maximum absolute atomic E-state index is 4.64. The third kappa shape index (κ3) is 2.41. The smallest absolute Gasteiger partial charge is 0.185 e. The van der Waals surface area contributed by atoms with Crippen LogP contribution in [0.15, 0.2) is 41.9 Å². The molecule has 0 amide bonds. The Labute approximate surface area is 134 Å². The maximum Gasteiger partial charge on any atom is 0.185 e. The van der Waals surface area contributed by atoms with Gasteiger partial charge in [-0.1, -0.05) is 18.2 Å². The number of benzene rings is 1. The van der Waals surface area contributed by atoms with E-state index in [2.05, 4.69) is 57.0 Å². The topological polar surface area (TPSA) is 32.3 Å². The van der Waals surface area contributed by atoms with Gasteiger partial charge in [0.15, 0.2) is 5.13 Å². The molecule has 1 aliphatic rings. The molecule has 0 spiro atoms. The zero-order chi connectivity index (χ0) is 14.9. The molecule has 4 nitrogen and oxygen atoms in total. The first kappa shape index (κ1) is 13.5. The summed E-state index contributed by atoms with van der Waals surface area (Å²) in [7, 11) is 0. The highest BCUT2D eigenvalue weighted by Gasteiger charge is 2.20. The number of aromatic nitrogens is 2. The molecule has 0 N–H and O–H groups in total. The van der Waals surface area contributed by atoms with E-state index in [-0.39, 0.29) is 0 Å². The number of rotatable bonds is 2. The summed E-state index contributed by atoms with van der Waals surface area (Å²) >= 11 is 1.72.